The lowest BCUT2D eigenvalue weighted by Gasteiger charge is -2.37. The Labute approximate surface area is 254 Å². The number of rotatable bonds is 10. The molecular weight excluding hydrogens is 554 g/mol. The van der Waals surface area contributed by atoms with Gasteiger partial charge in [-0.15, -0.1) is 0 Å². The minimum absolute atomic E-state index is 0.248. The summed E-state index contributed by atoms with van der Waals surface area (Å²) in [6.07, 6.45) is 1.14. The highest BCUT2D eigenvalue weighted by Crippen LogP contribution is 2.33. The van der Waals surface area contributed by atoms with Gasteiger partial charge in [-0.2, -0.15) is 0 Å². The van der Waals surface area contributed by atoms with Crippen molar-refractivity contribution in [1.82, 2.24) is 9.47 Å². The van der Waals surface area contributed by atoms with Crippen LogP contribution in [0.15, 0.2) is 53.3 Å². The molecule has 1 aliphatic heterocycles. The third kappa shape index (κ3) is 7.78. The van der Waals surface area contributed by atoms with Crippen LogP contribution in [0.1, 0.15) is 53.0 Å². The maximum atomic E-state index is 12.7. The molecule has 228 valence electrons. The zero-order valence-corrected chi connectivity index (χ0v) is 26.5. The molecule has 2 heterocycles. The molecule has 3 aromatic rings. The molecule has 0 radical (unpaired) electrons. The Bertz CT molecular complexity index is 1440. The quantitative estimate of drug-likeness (QED) is 0.186. The lowest BCUT2D eigenvalue weighted by molar-refractivity contribution is -0.0786. The largest absolute Gasteiger partial charge is 0.510 e. The van der Waals surface area contributed by atoms with E-state index in [4.69, 9.17) is 25.8 Å². The molecule has 0 aliphatic carbocycles. The first-order valence-corrected chi connectivity index (χ1v) is 15.1. The van der Waals surface area contributed by atoms with E-state index in [1.54, 1.807) is 6.07 Å². The van der Waals surface area contributed by atoms with Gasteiger partial charge in [0.25, 0.3) is 5.56 Å². The minimum atomic E-state index is -0.813. The average Bonchev–Trinajstić information content (AvgIpc) is 2.93. The Hall–Kier alpha value is -3.23. The number of aromatic nitrogens is 1. The van der Waals surface area contributed by atoms with Gasteiger partial charge in [-0.05, 0) is 75.4 Å². The summed E-state index contributed by atoms with van der Waals surface area (Å²) in [6.45, 7) is 17.0. The number of hydrogen-bond acceptors (Lipinski definition) is 7. The number of ether oxygens (including phenoxy) is 3. The summed E-state index contributed by atoms with van der Waals surface area (Å²) >= 11 is 6.53. The molecule has 1 aliphatic rings. The topological polar surface area (TPSA) is 73.2 Å². The van der Waals surface area contributed by atoms with Crippen molar-refractivity contribution < 1.29 is 19.0 Å². The highest BCUT2D eigenvalue weighted by Gasteiger charge is 2.37. The van der Waals surface area contributed by atoms with Crippen molar-refractivity contribution in [3.05, 3.63) is 69.5 Å². The van der Waals surface area contributed by atoms with Crippen LogP contribution >= 0.6 is 11.6 Å². The molecule has 0 unspecified atom stereocenters. The monoisotopic (exact) mass is 597 g/mol. The highest BCUT2D eigenvalue weighted by atomic mass is 35.5. The lowest BCUT2D eigenvalue weighted by Crippen LogP contribution is -2.46. The van der Waals surface area contributed by atoms with E-state index >= 15 is 0 Å². The predicted molar refractivity (Wildman–Crippen MR) is 169 cm³/mol. The van der Waals surface area contributed by atoms with Gasteiger partial charge in [0.2, 0.25) is 0 Å². The van der Waals surface area contributed by atoms with Gasteiger partial charge in [0.15, 0.2) is 6.73 Å². The van der Waals surface area contributed by atoms with E-state index in [2.05, 4.69) is 21.9 Å². The number of pyridine rings is 1. The Morgan fingerprint density at radius 1 is 0.952 bits per heavy atom. The number of fused-ring (bicyclic) bond motifs is 1. The van der Waals surface area contributed by atoms with Crippen LogP contribution in [0.5, 0.6) is 5.75 Å². The number of unbranched alkanes of at least 4 members (excludes halogenated alkanes) is 1. The normalized spacial score (nSPS) is 14.7. The van der Waals surface area contributed by atoms with Gasteiger partial charge in [-0.25, -0.2) is 4.79 Å². The first-order valence-electron chi connectivity index (χ1n) is 14.7. The SMILES string of the molecule is Cc1cccc(N2CCN(CCCCOc3ccc4ccc(=O)n(COC(=O)OC(C)(C)C(C)(C)C)c4c3)CC2)c1Cl. The molecule has 9 heteroatoms. The van der Waals surface area contributed by atoms with E-state index in [9.17, 15) is 9.59 Å². The van der Waals surface area contributed by atoms with Crippen molar-refractivity contribution in [1.29, 1.82) is 0 Å². The number of hydrogen-bond donors (Lipinski definition) is 0. The summed E-state index contributed by atoms with van der Waals surface area (Å²) in [4.78, 5) is 29.9. The van der Waals surface area contributed by atoms with Crippen molar-refractivity contribution in [2.45, 2.75) is 66.7 Å². The summed E-state index contributed by atoms with van der Waals surface area (Å²) in [7, 11) is 0. The predicted octanol–water partition coefficient (Wildman–Crippen LogP) is 6.88. The molecule has 42 heavy (non-hydrogen) atoms. The second-order valence-electron chi connectivity index (χ2n) is 12.5. The Kier molecular flexibility index (Phi) is 10.1. The second kappa shape index (κ2) is 13.4. The minimum Gasteiger partial charge on any atom is -0.494 e. The molecule has 0 atom stereocenters. The molecular formula is C33H44ClN3O5. The lowest BCUT2D eigenvalue weighted by atomic mass is 9.79. The molecule has 0 N–H and O–H groups in total. The summed E-state index contributed by atoms with van der Waals surface area (Å²) in [5.74, 6) is 0.668. The van der Waals surface area contributed by atoms with Crippen molar-refractivity contribution in [2.24, 2.45) is 5.41 Å². The van der Waals surface area contributed by atoms with Gasteiger partial charge >= 0.3 is 6.16 Å². The van der Waals surface area contributed by atoms with Crippen molar-refractivity contribution >= 4 is 34.3 Å². The maximum absolute atomic E-state index is 12.7. The van der Waals surface area contributed by atoms with Crippen molar-refractivity contribution in [2.75, 3.05) is 44.2 Å². The third-order valence-electron chi connectivity index (χ3n) is 8.44. The summed E-state index contributed by atoms with van der Waals surface area (Å²) < 4.78 is 18.3. The smallest absolute Gasteiger partial charge is 0.494 e. The molecule has 0 spiro atoms. The van der Waals surface area contributed by atoms with Crippen LogP contribution in [0, 0.1) is 12.3 Å². The molecule has 1 aromatic heterocycles. The van der Waals surface area contributed by atoms with E-state index in [0.29, 0.717) is 17.9 Å². The molecule has 1 saturated heterocycles. The van der Waals surface area contributed by atoms with Gasteiger partial charge in [-0.3, -0.25) is 14.3 Å². The first-order chi connectivity index (χ1) is 19.9. The summed E-state index contributed by atoms with van der Waals surface area (Å²) in [5.41, 5.74) is 1.59. The van der Waals surface area contributed by atoms with E-state index < -0.39 is 11.8 Å². The molecule has 2 aromatic carbocycles. The van der Waals surface area contributed by atoms with Gasteiger partial charge in [0.05, 0.1) is 22.8 Å². The van der Waals surface area contributed by atoms with Crippen LogP contribution in [0.2, 0.25) is 5.02 Å². The van der Waals surface area contributed by atoms with E-state index in [-0.39, 0.29) is 17.7 Å². The van der Waals surface area contributed by atoms with E-state index in [0.717, 1.165) is 67.2 Å². The van der Waals surface area contributed by atoms with Gasteiger partial charge in [-0.1, -0.05) is 44.5 Å². The standard InChI is InChI=1S/C33H44ClN3O5/c1-24-10-9-11-27(30(24)34)36-19-17-35(18-20-36)16-7-8-21-40-26-14-12-25-13-15-29(38)37(28(25)22-26)23-41-31(39)42-33(5,6)32(2,3)4/h9-15,22H,7-8,16-21,23H2,1-6H3. The van der Waals surface area contributed by atoms with Crippen LogP contribution in [0.4, 0.5) is 10.5 Å². The number of anilines is 1. The van der Waals surface area contributed by atoms with Crippen LogP contribution in [-0.2, 0) is 16.2 Å². The molecule has 0 bridgehead atoms. The number of halogens is 1. The van der Waals surface area contributed by atoms with Crippen LogP contribution in [-0.4, -0.2) is 60.6 Å². The van der Waals surface area contributed by atoms with E-state index in [1.807, 2.05) is 65.8 Å². The average molecular weight is 598 g/mol. The molecule has 0 saturated carbocycles. The van der Waals surface area contributed by atoms with Gasteiger partial charge < -0.3 is 19.1 Å². The molecule has 1 fully saturated rings. The fourth-order valence-electron chi connectivity index (χ4n) is 4.72. The Balaban J connectivity index is 1.25. The van der Waals surface area contributed by atoms with Crippen LogP contribution < -0.4 is 15.2 Å². The van der Waals surface area contributed by atoms with E-state index in [1.165, 1.54) is 10.6 Å². The summed E-state index contributed by atoms with van der Waals surface area (Å²) in [6, 6.07) is 15.1. The fraction of sp³-hybridized carbons (Fsp3) is 0.515. The number of piperazine rings is 1. The van der Waals surface area contributed by atoms with Gasteiger partial charge in [0.1, 0.15) is 11.4 Å². The van der Waals surface area contributed by atoms with Crippen LogP contribution in [0.25, 0.3) is 10.9 Å². The number of nitrogens with zero attached hydrogens (tertiary/aromatic N) is 3. The number of carbonyl (C=O) groups is 1. The number of aryl methyl sites for hydroxylation is 1. The zero-order chi connectivity index (χ0) is 30.5. The molecule has 8 nitrogen and oxygen atoms in total. The van der Waals surface area contributed by atoms with Crippen molar-refractivity contribution in [3.63, 3.8) is 0 Å². The Morgan fingerprint density at radius 2 is 1.67 bits per heavy atom. The summed E-state index contributed by atoms with van der Waals surface area (Å²) in [5, 5.41) is 1.70. The zero-order valence-electron chi connectivity index (χ0n) is 25.7. The second-order valence-corrected chi connectivity index (χ2v) is 12.9. The maximum Gasteiger partial charge on any atom is 0.510 e. The highest BCUT2D eigenvalue weighted by molar-refractivity contribution is 6.34. The molecule has 0 amide bonds. The number of carbonyl (C=O) groups excluding carboxylic acids is 1. The third-order valence-corrected chi connectivity index (χ3v) is 8.93. The molecule has 4 rings (SSSR count). The first kappa shape index (κ1) is 31.7. The van der Waals surface area contributed by atoms with Gasteiger partial charge in [0, 0.05) is 43.7 Å². The van der Waals surface area contributed by atoms with Crippen LogP contribution in [0.3, 0.4) is 0 Å². The fourth-order valence-corrected chi connectivity index (χ4v) is 4.96. The Morgan fingerprint density at radius 3 is 2.38 bits per heavy atom. The number of benzene rings is 2. The van der Waals surface area contributed by atoms with Crippen molar-refractivity contribution in [3.8, 4) is 5.75 Å².